The Bertz CT molecular complexity index is 746. The molecule has 0 amide bonds. The summed E-state index contributed by atoms with van der Waals surface area (Å²) in [5, 5.41) is 13.6. The quantitative estimate of drug-likeness (QED) is 0.899. The van der Waals surface area contributed by atoms with Crippen molar-refractivity contribution in [3.05, 3.63) is 41.1 Å². The summed E-state index contributed by atoms with van der Waals surface area (Å²) < 4.78 is 1.64. The molecule has 2 aromatic heterocycles. The van der Waals surface area contributed by atoms with E-state index in [9.17, 15) is 9.90 Å². The SMILES string of the molecule is O=C(O)c1nn(-c2cnccn2)c2c1CC1=C2CCC1. The highest BCUT2D eigenvalue weighted by Gasteiger charge is 2.34. The predicted octanol–water partition coefficient (Wildman–Crippen LogP) is 1.85. The molecule has 0 saturated heterocycles. The summed E-state index contributed by atoms with van der Waals surface area (Å²) in [6, 6.07) is 0. The second-order valence-electron chi connectivity index (χ2n) is 5.07. The Morgan fingerprint density at radius 1 is 1.30 bits per heavy atom. The zero-order valence-electron chi connectivity index (χ0n) is 10.7. The van der Waals surface area contributed by atoms with Gasteiger partial charge >= 0.3 is 5.97 Å². The molecule has 20 heavy (non-hydrogen) atoms. The van der Waals surface area contributed by atoms with Crippen LogP contribution < -0.4 is 0 Å². The third-order valence-electron chi connectivity index (χ3n) is 3.96. The first-order valence-electron chi connectivity index (χ1n) is 6.58. The third-order valence-corrected chi connectivity index (χ3v) is 3.96. The molecule has 0 fully saturated rings. The molecule has 0 saturated carbocycles. The molecule has 2 aliphatic rings. The molecule has 2 heterocycles. The van der Waals surface area contributed by atoms with Gasteiger partial charge in [0.15, 0.2) is 11.5 Å². The fourth-order valence-electron chi connectivity index (χ4n) is 3.17. The summed E-state index contributed by atoms with van der Waals surface area (Å²) in [5.74, 6) is -0.415. The number of rotatable bonds is 2. The number of nitrogens with zero attached hydrogens (tertiary/aromatic N) is 4. The van der Waals surface area contributed by atoms with Gasteiger partial charge in [0.1, 0.15) is 0 Å². The molecule has 6 heteroatoms. The third kappa shape index (κ3) is 1.44. The summed E-state index contributed by atoms with van der Waals surface area (Å²) in [5.41, 5.74) is 4.51. The van der Waals surface area contributed by atoms with Crippen LogP contribution >= 0.6 is 0 Å². The number of carboxylic acid groups (broad SMARTS) is 1. The van der Waals surface area contributed by atoms with Crippen LogP contribution in [0.5, 0.6) is 0 Å². The Labute approximate surface area is 114 Å². The Kier molecular flexibility index (Phi) is 2.26. The zero-order valence-corrected chi connectivity index (χ0v) is 10.7. The normalized spacial score (nSPS) is 16.4. The van der Waals surface area contributed by atoms with Crippen molar-refractivity contribution in [3.63, 3.8) is 0 Å². The number of allylic oxidation sites excluding steroid dienone is 2. The number of hydrogen-bond donors (Lipinski definition) is 1. The maximum Gasteiger partial charge on any atom is 0.356 e. The van der Waals surface area contributed by atoms with E-state index in [1.54, 1.807) is 23.3 Å². The van der Waals surface area contributed by atoms with Gasteiger partial charge in [-0.05, 0) is 31.3 Å². The van der Waals surface area contributed by atoms with Gasteiger partial charge in [0.25, 0.3) is 0 Å². The van der Waals surface area contributed by atoms with Crippen LogP contribution in [0.3, 0.4) is 0 Å². The first kappa shape index (κ1) is 11.3. The average molecular weight is 268 g/mol. The van der Waals surface area contributed by atoms with Gasteiger partial charge < -0.3 is 5.11 Å². The molecular weight excluding hydrogens is 256 g/mol. The van der Waals surface area contributed by atoms with Crippen molar-refractivity contribution in [2.24, 2.45) is 0 Å². The smallest absolute Gasteiger partial charge is 0.356 e. The Hall–Kier alpha value is -2.50. The van der Waals surface area contributed by atoms with Crippen LogP contribution in [0.2, 0.25) is 0 Å². The number of aromatic carboxylic acids is 1. The minimum absolute atomic E-state index is 0.139. The van der Waals surface area contributed by atoms with E-state index >= 15 is 0 Å². The summed E-state index contributed by atoms with van der Waals surface area (Å²) >= 11 is 0. The summed E-state index contributed by atoms with van der Waals surface area (Å²) in [6.07, 6.45) is 8.68. The molecular formula is C14H12N4O2. The van der Waals surface area contributed by atoms with Crippen LogP contribution in [0.25, 0.3) is 11.4 Å². The van der Waals surface area contributed by atoms with E-state index in [0.29, 0.717) is 12.2 Å². The summed E-state index contributed by atoms with van der Waals surface area (Å²) in [6.45, 7) is 0. The van der Waals surface area contributed by atoms with E-state index in [1.807, 2.05) is 0 Å². The number of fused-ring (bicyclic) bond motifs is 2. The predicted molar refractivity (Wildman–Crippen MR) is 70.6 cm³/mol. The van der Waals surface area contributed by atoms with Crippen molar-refractivity contribution in [3.8, 4) is 5.82 Å². The van der Waals surface area contributed by atoms with E-state index in [-0.39, 0.29) is 5.69 Å². The van der Waals surface area contributed by atoms with Crippen LogP contribution in [0.1, 0.15) is 41.0 Å². The van der Waals surface area contributed by atoms with E-state index in [4.69, 9.17) is 0 Å². The first-order chi connectivity index (χ1) is 9.75. The molecule has 2 aliphatic carbocycles. The Morgan fingerprint density at radius 2 is 2.20 bits per heavy atom. The molecule has 0 aliphatic heterocycles. The maximum atomic E-state index is 11.4. The lowest BCUT2D eigenvalue weighted by molar-refractivity contribution is 0.0689. The first-order valence-corrected chi connectivity index (χ1v) is 6.58. The lowest BCUT2D eigenvalue weighted by atomic mass is 10.1. The minimum Gasteiger partial charge on any atom is -0.476 e. The zero-order chi connectivity index (χ0) is 13.7. The highest BCUT2D eigenvalue weighted by atomic mass is 16.4. The molecule has 0 unspecified atom stereocenters. The number of carbonyl (C=O) groups is 1. The van der Waals surface area contributed by atoms with Gasteiger partial charge in [-0.1, -0.05) is 5.57 Å². The molecule has 0 radical (unpaired) electrons. The van der Waals surface area contributed by atoms with Crippen LogP contribution in [-0.4, -0.2) is 30.8 Å². The van der Waals surface area contributed by atoms with Gasteiger partial charge in [0.05, 0.1) is 11.9 Å². The van der Waals surface area contributed by atoms with Gasteiger partial charge in [-0.3, -0.25) is 4.98 Å². The highest BCUT2D eigenvalue weighted by molar-refractivity contribution is 5.91. The number of carboxylic acids is 1. The Balaban J connectivity index is 1.97. The minimum atomic E-state index is -0.981. The number of hydrogen-bond acceptors (Lipinski definition) is 4. The Morgan fingerprint density at radius 3 is 2.95 bits per heavy atom. The summed E-state index contributed by atoms with van der Waals surface area (Å²) in [7, 11) is 0. The standard InChI is InChI=1S/C14H12N4O2/c19-14(20)12-10-6-8-2-1-3-9(8)13(10)18(17-12)11-7-15-4-5-16-11/h4-5,7H,1-3,6H2,(H,19,20). The molecule has 0 aromatic carbocycles. The summed E-state index contributed by atoms with van der Waals surface area (Å²) in [4.78, 5) is 19.7. The van der Waals surface area contributed by atoms with E-state index in [2.05, 4.69) is 15.1 Å². The van der Waals surface area contributed by atoms with E-state index < -0.39 is 5.97 Å². The lowest BCUT2D eigenvalue weighted by Gasteiger charge is -2.05. The molecule has 0 spiro atoms. The largest absolute Gasteiger partial charge is 0.476 e. The fraction of sp³-hybridized carbons (Fsp3) is 0.286. The second kappa shape index (κ2) is 4.00. The lowest BCUT2D eigenvalue weighted by Crippen LogP contribution is -2.06. The highest BCUT2D eigenvalue weighted by Crippen LogP contribution is 2.44. The van der Waals surface area contributed by atoms with Gasteiger partial charge in [0.2, 0.25) is 0 Å². The average Bonchev–Trinajstić information content (AvgIpc) is 3.09. The van der Waals surface area contributed by atoms with Gasteiger partial charge in [-0.2, -0.15) is 5.10 Å². The van der Waals surface area contributed by atoms with E-state index in [0.717, 1.165) is 30.5 Å². The van der Waals surface area contributed by atoms with E-state index in [1.165, 1.54) is 11.1 Å². The molecule has 1 N–H and O–H groups in total. The van der Waals surface area contributed by atoms with Crippen molar-refractivity contribution >= 4 is 11.5 Å². The van der Waals surface area contributed by atoms with Crippen LogP contribution in [0.4, 0.5) is 0 Å². The van der Waals surface area contributed by atoms with Crippen molar-refractivity contribution in [2.75, 3.05) is 0 Å². The van der Waals surface area contributed by atoms with Crippen molar-refractivity contribution in [2.45, 2.75) is 25.7 Å². The molecule has 4 rings (SSSR count). The maximum absolute atomic E-state index is 11.4. The van der Waals surface area contributed by atoms with Gasteiger partial charge in [-0.15, -0.1) is 0 Å². The van der Waals surface area contributed by atoms with Crippen LogP contribution in [0, 0.1) is 0 Å². The second-order valence-corrected chi connectivity index (χ2v) is 5.07. The molecule has 6 nitrogen and oxygen atoms in total. The van der Waals surface area contributed by atoms with Gasteiger partial charge in [0, 0.05) is 18.0 Å². The molecule has 100 valence electrons. The van der Waals surface area contributed by atoms with Crippen LogP contribution in [0.15, 0.2) is 24.2 Å². The van der Waals surface area contributed by atoms with Crippen molar-refractivity contribution < 1.29 is 9.90 Å². The van der Waals surface area contributed by atoms with Gasteiger partial charge in [-0.25, -0.2) is 14.5 Å². The van der Waals surface area contributed by atoms with Crippen molar-refractivity contribution in [1.82, 2.24) is 19.7 Å². The fourth-order valence-corrected chi connectivity index (χ4v) is 3.17. The topological polar surface area (TPSA) is 80.9 Å². The van der Waals surface area contributed by atoms with Crippen LogP contribution in [-0.2, 0) is 6.42 Å². The monoisotopic (exact) mass is 268 g/mol. The molecule has 0 atom stereocenters. The van der Waals surface area contributed by atoms with Crippen molar-refractivity contribution in [1.29, 1.82) is 0 Å². The molecule has 0 bridgehead atoms. The number of aromatic nitrogens is 4. The molecule has 2 aromatic rings.